The Labute approximate surface area is 134 Å². The molecule has 1 saturated heterocycles. The Morgan fingerprint density at radius 1 is 1.18 bits per heavy atom. The van der Waals surface area contributed by atoms with E-state index in [9.17, 15) is 0 Å². The molecule has 1 fully saturated rings. The zero-order chi connectivity index (χ0) is 15.9. The minimum absolute atomic E-state index is 0.730. The molecule has 1 aromatic rings. The summed E-state index contributed by atoms with van der Waals surface area (Å²) in [5.74, 6) is 2.58. The highest BCUT2D eigenvalue weighted by Crippen LogP contribution is 2.20. The second-order valence-electron chi connectivity index (χ2n) is 6.29. The molecule has 1 aliphatic rings. The predicted octanol–water partition coefficient (Wildman–Crippen LogP) is 1.34. The molecule has 1 aliphatic heterocycles. The Morgan fingerprint density at radius 3 is 2.50 bits per heavy atom. The van der Waals surface area contributed by atoms with Crippen LogP contribution in [0.5, 0.6) is 0 Å². The van der Waals surface area contributed by atoms with Crippen LogP contribution in [0.1, 0.15) is 12.8 Å². The van der Waals surface area contributed by atoms with E-state index >= 15 is 0 Å². The number of rotatable bonds is 7. The first kappa shape index (κ1) is 17.0. The van der Waals surface area contributed by atoms with Crippen molar-refractivity contribution >= 4 is 11.6 Å². The summed E-state index contributed by atoms with van der Waals surface area (Å²) >= 11 is 0. The van der Waals surface area contributed by atoms with E-state index in [0.29, 0.717) is 0 Å². The molecule has 0 N–H and O–H groups in total. The Hall–Kier alpha value is -1.40. The van der Waals surface area contributed by atoms with E-state index in [2.05, 4.69) is 26.8 Å². The molecule has 0 saturated carbocycles. The number of ether oxygens (including phenoxy) is 1. The first-order valence-electron chi connectivity index (χ1n) is 8.02. The number of hydrogen-bond donors (Lipinski definition) is 0. The molecular weight excluding hydrogens is 278 g/mol. The van der Waals surface area contributed by atoms with Crippen molar-refractivity contribution < 1.29 is 4.74 Å². The standard InChI is InChI=1S/C16H29N5O/c1-19(2)15-11-17-12-16(18-15)20(3)13-14-5-7-21(8-6-14)9-10-22-4/h11-12,14H,5-10,13H2,1-4H3. The monoisotopic (exact) mass is 307 g/mol. The van der Waals surface area contributed by atoms with Crippen molar-refractivity contribution in [1.29, 1.82) is 0 Å². The summed E-state index contributed by atoms with van der Waals surface area (Å²) in [6.07, 6.45) is 6.13. The lowest BCUT2D eigenvalue weighted by Gasteiger charge is -2.34. The molecule has 0 amide bonds. The lowest BCUT2D eigenvalue weighted by atomic mass is 9.96. The molecule has 22 heavy (non-hydrogen) atoms. The fraction of sp³-hybridized carbons (Fsp3) is 0.750. The van der Waals surface area contributed by atoms with Crippen LogP contribution in [0, 0.1) is 5.92 Å². The third-order valence-corrected chi connectivity index (χ3v) is 4.31. The van der Waals surface area contributed by atoms with Crippen LogP contribution in [0.2, 0.25) is 0 Å². The van der Waals surface area contributed by atoms with Crippen LogP contribution in [0.25, 0.3) is 0 Å². The maximum atomic E-state index is 5.16. The lowest BCUT2D eigenvalue weighted by Crippen LogP contribution is -2.39. The maximum Gasteiger partial charge on any atom is 0.149 e. The van der Waals surface area contributed by atoms with Gasteiger partial charge in [-0.25, -0.2) is 4.98 Å². The highest BCUT2D eigenvalue weighted by molar-refractivity contribution is 5.44. The Kier molecular flexibility index (Phi) is 6.39. The van der Waals surface area contributed by atoms with Crippen LogP contribution in [-0.4, -0.2) is 75.9 Å². The van der Waals surface area contributed by atoms with E-state index in [0.717, 1.165) is 37.3 Å². The van der Waals surface area contributed by atoms with Gasteiger partial charge in [-0.05, 0) is 31.8 Å². The minimum Gasteiger partial charge on any atom is -0.383 e. The average Bonchev–Trinajstić information content (AvgIpc) is 2.54. The number of aromatic nitrogens is 2. The van der Waals surface area contributed by atoms with Crippen LogP contribution >= 0.6 is 0 Å². The van der Waals surface area contributed by atoms with Crippen molar-refractivity contribution in [2.75, 3.05) is 70.8 Å². The van der Waals surface area contributed by atoms with Crippen molar-refractivity contribution in [2.24, 2.45) is 5.92 Å². The second-order valence-corrected chi connectivity index (χ2v) is 6.29. The Bertz CT molecular complexity index is 446. The van der Waals surface area contributed by atoms with Gasteiger partial charge in [0.15, 0.2) is 0 Å². The molecule has 0 aromatic carbocycles. The average molecular weight is 307 g/mol. The van der Waals surface area contributed by atoms with Crippen molar-refractivity contribution in [3.8, 4) is 0 Å². The number of piperidine rings is 1. The van der Waals surface area contributed by atoms with Gasteiger partial charge in [-0.1, -0.05) is 0 Å². The SMILES string of the molecule is COCCN1CCC(CN(C)c2cncc(N(C)C)n2)CC1. The van der Waals surface area contributed by atoms with Gasteiger partial charge in [0, 0.05) is 41.3 Å². The molecule has 0 atom stereocenters. The molecule has 0 unspecified atom stereocenters. The largest absolute Gasteiger partial charge is 0.383 e. The highest BCUT2D eigenvalue weighted by atomic mass is 16.5. The van der Waals surface area contributed by atoms with E-state index in [1.807, 2.05) is 25.2 Å². The molecule has 0 spiro atoms. The van der Waals surface area contributed by atoms with Crippen LogP contribution < -0.4 is 9.80 Å². The van der Waals surface area contributed by atoms with Crippen molar-refractivity contribution in [1.82, 2.24) is 14.9 Å². The topological polar surface area (TPSA) is 44.7 Å². The van der Waals surface area contributed by atoms with Crippen LogP contribution in [0.4, 0.5) is 11.6 Å². The lowest BCUT2D eigenvalue weighted by molar-refractivity contribution is 0.121. The molecule has 6 heteroatoms. The number of likely N-dealkylation sites (tertiary alicyclic amines) is 1. The summed E-state index contributed by atoms with van der Waals surface area (Å²) in [6.45, 7) is 5.27. The minimum atomic E-state index is 0.730. The molecule has 2 heterocycles. The molecular formula is C16H29N5O. The van der Waals surface area contributed by atoms with Crippen LogP contribution in [0.3, 0.4) is 0 Å². The molecule has 0 bridgehead atoms. The zero-order valence-electron chi connectivity index (χ0n) is 14.3. The fourth-order valence-electron chi connectivity index (χ4n) is 2.84. The molecule has 0 aliphatic carbocycles. The summed E-state index contributed by atoms with van der Waals surface area (Å²) in [7, 11) is 7.86. The smallest absolute Gasteiger partial charge is 0.149 e. The van der Waals surface area contributed by atoms with Gasteiger partial charge in [0.1, 0.15) is 11.6 Å². The molecule has 2 rings (SSSR count). The van der Waals surface area contributed by atoms with Crippen LogP contribution in [-0.2, 0) is 4.74 Å². The first-order valence-corrected chi connectivity index (χ1v) is 8.02. The number of nitrogens with zero attached hydrogens (tertiary/aromatic N) is 5. The predicted molar refractivity (Wildman–Crippen MR) is 90.7 cm³/mol. The van der Waals surface area contributed by atoms with Crippen molar-refractivity contribution in [2.45, 2.75) is 12.8 Å². The van der Waals surface area contributed by atoms with Crippen LogP contribution in [0.15, 0.2) is 12.4 Å². The summed E-state index contributed by atoms with van der Waals surface area (Å²) in [4.78, 5) is 15.7. The van der Waals surface area contributed by atoms with E-state index in [-0.39, 0.29) is 0 Å². The maximum absolute atomic E-state index is 5.16. The molecule has 1 aromatic heterocycles. The van der Waals surface area contributed by atoms with Gasteiger partial charge >= 0.3 is 0 Å². The highest BCUT2D eigenvalue weighted by Gasteiger charge is 2.20. The molecule has 124 valence electrons. The second kappa shape index (κ2) is 8.29. The van der Waals surface area contributed by atoms with Gasteiger partial charge in [-0.2, -0.15) is 0 Å². The van der Waals surface area contributed by atoms with E-state index in [1.165, 1.54) is 25.9 Å². The quantitative estimate of drug-likeness (QED) is 0.757. The van der Waals surface area contributed by atoms with E-state index in [1.54, 1.807) is 13.3 Å². The summed E-state index contributed by atoms with van der Waals surface area (Å²) in [5, 5.41) is 0. The molecule has 6 nitrogen and oxygen atoms in total. The third kappa shape index (κ3) is 4.81. The summed E-state index contributed by atoms with van der Waals surface area (Å²) in [5.41, 5.74) is 0. The van der Waals surface area contributed by atoms with E-state index in [4.69, 9.17) is 4.74 Å². The van der Waals surface area contributed by atoms with Crippen molar-refractivity contribution in [3.63, 3.8) is 0 Å². The van der Waals surface area contributed by atoms with Crippen molar-refractivity contribution in [3.05, 3.63) is 12.4 Å². The van der Waals surface area contributed by atoms with Gasteiger partial charge in [-0.15, -0.1) is 0 Å². The first-order chi connectivity index (χ1) is 10.6. The van der Waals surface area contributed by atoms with Gasteiger partial charge in [0.2, 0.25) is 0 Å². The number of hydrogen-bond acceptors (Lipinski definition) is 6. The summed E-state index contributed by atoms with van der Waals surface area (Å²) in [6, 6.07) is 0. The normalized spacial score (nSPS) is 16.7. The fourth-order valence-corrected chi connectivity index (χ4v) is 2.84. The van der Waals surface area contributed by atoms with Gasteiger partial charge < -0.3 is 19.4 Å². The van der Waals surface area contributed by atoms with E-state index < -0.39 is 0 Å². The van der Waals surface area contributed by atoms with Gasteiger partial charge in [0.25, 0.3) is 0 Å². The van der Waals surface area contributed by atoms with Gasteiger partial charge in [-0.3, -0.25) is 4.98 Å². The Morgan fingerprint density at radius 2 is 1.86 bits per heavy atom. The number of anilines is 2. The van der Waals surface area contributed by atoms with Gasteiger partial charge in [0.05, 0.1) is 19.0 Å². The number of methoxy groups -OCH3 is 1. The Balaban J connectivity index is 1.83. The zero-order valence-corrected chi connectivity index (χ0v) is 14.3. The summed E-state index contributed by atoms with van der Waals surface area (Å²) < 4.78 is 5.16. The molecule has 0 radical (unpaired) electrons. The third-order valence-electron chi connectivity index (χ3n) is 4.31.